The van der Waals surface area contributed by atoms with E-state index >= 15 is 0 Å². The van der Waals surface area contributed by atoms with Gasteiger partial charge in [-0.05, 0) is 56.3 Å². The molecule has 29 heavy (non-hydrogen) atoms. The number of hydrogen-bond acceptors (Lipinski definition) is 5. The van der Waals surface area contributed by atoms with Crippen molar-refractivity contribution in [2.24, 2.45) is 0 Å². The van der Waals surface area contributed by atoms with E-state index in [0.717, 1.165) is 31.0 Å². The molecule has 2 aromatic rings. The average Bonchev–Trinajstić information content (AvgIpc) is 3.25. The lowest BCUT2D eigenvalue weighted by molar-refractivity contribution is 0.0986. The number of piperidine rings is 1. The van der Waals surface area contributed by atoms with Crippen LogP contribution in [0.2, 0.25) is 0 Å². The zero-order valence-electron chi connectivity index (χ0n) is 16.7. The third-order valence-electron chi connectivity index (χ3n) is 6.11. The summed E-state index contributed by atoms with van der Waals surface area (Å²) >= 11 is 0. The van der Waals surface area contributed by atoms with Crippen molar-refractivity contribution in [3.63, 3.8) is 0 Å². The Morgan fingerprint density at radius 1 is 0.828 bits per heavy atom. The molecule has 152 valence electrons. The Bertz CT molecular complexity index is 895. The molecule has 0 spiro atoms. The molecule has 2 aromatic carbocycles. The predicted molar refractivity (Wildman–Crippen MR) is 113 cm³/mol. The molecule has 0 unspecified atom stereocenters. The van der Waals surface area contributed by atoms with Gasteiger partial charge in [-0.25, -0.2) is 0 Å². The van der Waals surface area contributed by atoms with Gasteiger partial charge >= 0.3 is 0 Å². The maximum atomic E-state index is 13.3. The monoisotopic (exact) mass is 393 g/mol. The molecular formula is C23H27N3O3. The molecule has 1 fully saturated rings. The van der Waals surface area contributed by atoms with Crippen LogP contribution in [0, 0.1) is 0 Å². The second-order valence-electron chi connectivity index (χ2n) is 7.90. The summed E-state index contributed by atoms with van der Waals surface area (Å²) in [6.07, 6.45) is 3.99. The molecule has 0 aromatic heterocycles. The molecule has 0 aliphatic carbocycles. The maximum absolute atomic E-state index is 13.3. The summed E-state index contributed by atoms with van der Waals surface area (Å²) in [5.41, 5.74) is 2.76. The number of para-hydroxylation sites is 2. The first-order valence-electron chi connectivity index (χ1n) is 10.6. The van der Waals surface area contributed by atoms with Gasteiger partial charge in [0.2, 0.25) is 6.79 Å². The highest BCUT2D eigenvalue weighted by Crippen LogP contribution is 2.36. The van der Waals surface area contributed by atoms with E-state index in [9.17, 15) is 4.79 Å². The molecule has 3 aliphatic rings. The van der Waals surface area contributed by atoms with E-state index in [1.807, 2.05) is 29.2 Å². The van der Waals surface area contributed by atoms with Gasteiger partial charge in [-0.1, -0.05) is 18.6 Å². The second-order valence-corrected chi connectivity index (χ2v) is 7.90. The van der Waals surface area contributed by atoms with Crippen LogP contribution in [0.1, 0.15) is 29.6 Å². The van der Waals surface area contributed by atoms with Gasteiger partial charge in [0.1, 0.15) is 0 Å². The first kappa shape index (κ1) is 18.3. The van der Waals surface area contributed by atoms with E-state index in [-0.39, 0.29) is 12.7 Å². The molecule has 5 rings (SSSR count). The SMILES string of the molecule is O=C(c1ccc2c(c1)OCO2)N1CCN(CCN2CCCCC2)c2ccccc21. The molecule has 6 nitrogen and oxygen atoms in total. The maximum Gasteiger partial charge on any atom is 0.258 e. The van der Waals surface area contributed by atoms with E-state index < -0.39 is 0 Å². The number of amides is 1. The van der Waals surface area contributed by atoms with Crippen molar-refractivity contribution < 1.29 is 14.3 Å². The van der Waals surface area contributed by atoms with Crippen molar-refractivity contribution in [2.75, 3.05) is 55.9 Å². The van der Waals surface area contributed by atoms with Crippen LogP contribution < -0.4 is 19.3 Å². The smallest absolute Gasteiger partial charge is 0.258 e. The van der Waals surface area contributed by atoms with Crippen LogP contribution in [0.15, 0.2) is 42.5 Å². The van der Waals surface area contributed by atoms with Crippen LogP contribution in [0.5, 0.6) is 11.5 Å². The normalized spacial score (nSPS) is 18.6. The standard InChI is InChI=1S/C23H27N3O3/c27-23(18-8-9-21-22(16-18)29-17-28-21)26-15-14-25(19-6-2-3-7-20(19)26)13-12-24-10-4-1-5-11-24/h2-3,6-9,16H,1,4-5,10-15,17H2. The molecule has 0 bridgehead atoms. The van der Waals surface area contributed by atoms with Crippen molar-refractivity contribution in [3.8, 4) is 11.5 Å². The molecule has 0 saturated carbocycles. The number of fused-ring (bicyclic) bond motifs is 2. The summed E-state index contributed by atoms with van der Waals surface area (Å²) in [5, 5.41) is 0. The van der Waals surface area contributed by atoms with Crippen LogP contribution in [-0.2, 0) is 0 Å². The van der Waals surface area contributed by atoms with Gasteiger partial charge in [0.05, 0.1) is 11.4 Å². The summed E-state index contributed by atoms with van der Waals surface area (Å²) < 4.78 is 10.8. The van der Waals surface area contributed by atoms with E-state index in [1.54, 1.807) is 6.07 Å². The summed E-state index contributed by atoms with van der Waals surface area (Å²) in [6, 6.07) is 13.7. The van der Waals surface area contributed by atoms with Crippen LogP contribution >= 0.6 is 0 Å². The minimum Gasteiger partial charge on any atom is -0.454 e. The lowest BCUT2D eigenvalue weighted by atomic mass is 10.1. The number of hydrogen-bond donors (Lipinski definition) is 0. The fraction of sp³-hybridized carbons (Fsp3) is 0.435. The fourth-order valence-electron chi connectivity index (χ4n) is 4.50. The highest BCUT2D eigenvalue weighted by molar-refractivity contribution is 6.08. The Hall–Kier alpha value is -2.73. The van der Waals surface area contributed by atoms with Crippen LogP contribution in [-0.4, -0.2) is 56.9 Å². The summed E-state index contributed by atoms with van der Waals surface area (Å²) in [5.74, 6) is 1.35. The third-order valence-corrected chi connectivity index (χ3v) is 6.11. The van der Waals surface area contributed by atoms with Gasteiger partial charge in [0, 0.05) is 31.7 Å². The number of ether oxygens (including phenoxy) is 2. The van der Waals surface area contributed by atoms with Crippen molar-refractivity contribution in [3.05, 3.63) is 48.0 Å². The van der Waals surface area contributed by atoms with Gasteiger partial charge in [0.25, 0.3) is 5.91 Å². The van der Waals surface area contributed by atoms with Crippen LogP contribution in [0.4, 0.5) is 11.4 Å². The number of carbonyl (C=O) groups excluding carboxylic acids is 1. The minimum absolute atomic E-state index is 0.00595. The zero-order valence-corrected chi connectivity index (χ0v) is 16.7. The summed E-state index contributed by atoms with van der Waals surface area (Å²) in [6.45, 7) is 6.26. The zero-order chi connectivity index (χ0) is 19.6. The number of anilines is 2. The van der Waals surface area contributed by atoms with E-state index in [2.05, 4.69) is 21.9 Å². The Morgan fingerprint density at radius 2 is 1.62 bits per heavy atom. The number of benzene rings is 2. The minimum atomic E-state index is 0.00595. The highest BCUT2D eigenvalue weighted by Gasteiger charge is 2.28. The van der Waals surface area contributed by atoms with Crippen LogP contribution in [0.25, 0.3) is 0 Å². The molecule has 0 atom stereocenters. The summed E-state index contributed by atoms with van der Waals surface area (Å²) in [4.78, 5) is 20.2. The first-order chi connectivity index (χ1) is 14.3. The fourth-order valence-corrected chi connectivity index (χ4v) is 4.50. The lowest BCUT2D eigenvalue weighted by Crippen LogP contribution is -2.46. The van der Waals surface area contributed by atoms with Gasteiger partial charge in [-0.15, -0.1) is 0 Å². The second kappa shape index (κ2) is 7.95. The average molecular weight is 393 g/mol. The molecular weight excluding hydrogens is 366 g/mol. The molecule has 6 heteroatoms. The molecule has 3 aliphatic heterocycles. The van der Waals surface area contributed by atoms with Crippen molar-refractivity contribution in [1.29, 1.82) is 0 Å². The third kappa shape index (κ3) is 3.65. The first-order valence-corrected chi connectivity index (χ1v) is 10.6. The van der Waals surface area contributed by atoms with E-state index in [4.69, 9.17) is 9.47 Å². The van der Waals surface area contributed by atoms with Gasteiger partial charge in [-0.3, -0.25) is 4.79 Å². The van der Waals surface area contributed by atoms with Crippen molar-refractivity contribution >= 4 is 17.3 Å². The van der Waals surface area contributed by atoms with Crippen molar-refractivity contribution in [1.82, 2.24) is 4.90 Å². The molecule has 3 heterocycles. The Balaban J connectivity index is 1.34. The Morgan fingerprint density at radius 3 is 2.48 bits per heavy atom. The number of likely N-dealkylation sites (tertiary alicyclic amines) is 1. The van der Waals surface area contributed by atoms with Crippen molar-refractivity contribution in [2.45, 2.75) is 19.3 Å². The molecule has 1 amide bonds. The largest absolute Gasteiger partial charge is 0.454 e. The number of nitrogens with zero attached hydrogens (tertiary/aromatic N) is 3. The number of rotatable bonds is 4. The van der Waals surface area contributed by atoms with E-state index in [1.165, 1.54) is 32.4 Å². The molecule has 0 radical (unpaired) electrons. The molecule has 1 saturated heterocycles. The lowest BCUT2D eigenvalue weighted by Gasteiger charge is -2.39. The molecule has 0 N–H and O–H groups in total. The Kier molecular flexibility index (Phi) is 5.02. The number of carbonyl (C=O) groups is 1. The highest BCUT2D eigenvalue weighted by atomic mass is 16.7. The van der Waals surface area contributed by atoms with Gasteiger partial charge in [-0.2, -0.15) is 0 Å². The van der Waals surface area contributed by atoms with E-state index in [0.29, 0.717) is 23.6 Å². The quantitative estimate of drug-likeness (QED) is 0.797. The Labute approximate surface area is 171 Å². The predicted octanol–water partition coefficient (Wildman–Crippen LogP) is 3.37. The summed E-state index contributed by atoms with van der Waals surface area (Å²) in [7, 11) is 0. The van der Waals surface area contributed by atoms with Gasteiger partial charge < -0.3 is 24.2 Å². The van der Waals surface area contributed by atoms with Crippen LogP contribution in [0.3, 0.4) is 0 Å². The van der Waals surface area contributed by atoms with Gasteiger partial charge in [0.15, 0.2) is 11.5 Å². The topological polar surface area (TPSA) is 45.3 Å².